The van der Waals surface area contributed by atoms with Gasteiger partial charge in [-0.2, -0.15) is 0 Å². The molecule has 0 unspecified atom stereocenters. The third kappa shape index (κ3) is 3.70. The van der Waals surface area contributed by atoms with Crippen LogP contribution in [0.15, 0.2) is 53.4 Å². The third-order valence-electron chi connectivity index (χ3n) is 2.35. The van der Waals surface area contributed by atoms with Gasteiger partial charge in [-0.1, -0.05) is 48.0 Å². The largest absolute Gasteiger partial charge is 0.305 e. The Hall–Kier alpha value is -1.56. The van der Waals surface area contributed by atoms with Gasteiger partial charge in [0.2, 0.25) is 0 Å². The molecule has 2 aromatic carbocycles. The predicted molar refractivity (Wildman–Crippen MR) is 75.2 cm³/mol. The quantitative estimate of drug-likeness (QED) is 0.464. The smallest absolute Gasteiger partial charge is 0.286 e. The molecule has 98 valence electrons. The van der Waals surface area contributed by atoms with E-state index in [1.807, 2.05) is 30.3 Å². The number of rotatable bonds is 5. The Morgan fingerprint density at radius 1 is 1.16 bits per heavy atom. The van der Waals surface area contributed by atoms with Crippen molar-refractivity contribution in [2.24, 2.45) is 0 Å². The van der Waals surface area contributed by atoms with Crippen molar-refractivity contribution in [1.82, 2.24) is 0 Å². The van der Waals surface area contributed by atoms with Gasteiger partial charge in [-0.3, -0.25) is 10.1 Å². The standard InChI is InChI=1S/C13H10ClNO3S/c14-11-7-4-8-12(15(16)17)13(11)19-18-9-10-5-2-1-3-6-10/h1-8H,9H2. The molecule has 0 amide bonds. The fourth-order valence-corrected chi connectivity index (χ4v) is 2.41. The Morgan fingerprint density at radius 3 is 2.58 bits per heavy atom. The van der Waals surface area contributed by atoms with Crippen LogP contribution in [0.3, 0.4) is 0 Å². The monoisotopic (exact) mass is 295 g/mol. The Balaban J connectivity index is 2.05. The van der Waals surface area contributed by atoms with Crippen molar-refractivity contribution in [3.63, 3.8) is 0 Å². The van der Waals surface area contributed by atoms with Crippen LogP contribution in [0.25, 0.3) is 0 Å². The second-order valence-electron chi connectivity index (χ2n) is 3.68. The fraction of sp³-hybridized carbons (Fsp3) is 0.0769. The van der Waals surface area contributed by atoms with Gasteiger partial charge in [0.15, 0.2) is 0 Å². The average molecular weight is 296 g/mol. The van der Waals surface area contributed by atoms with Gasteiger partial charge >= 0.3 is 0 Å². The molecule has 0 atom stereocenters. The van der Waals surface area contributed by atoms with E-state index < -0.39 is 4.92 Å². The molecule has 6 heteroatoms. The lowest BCUT2D eigenvalue weighted by Gasteiger charge is -2.05. The molecule has 2 rings (SSSR count). The van der Waals surface area contributed by atoms with Crippen LogP contribution in [-0.2, 0) is 10.8 Å². The van der Waals surface area contributed by atoms with Crippen molar-refractivity contribution in [3.05, 3.63) is 69.2 Å². The molecule has 0 aliphatic heterocycles. The van der Waals surface area contributed by atoms with Gasteiger partial charge in [-0.05, 0) is 11.6 Å². The van der Waals surface area contributed by atoms with Gasteiger partial charge in [0, 0.05) is 18.1 Å². The summed E-state index contributed by atoms with van der Waals surface area (Å²) >= 11 is 6.87. The zero-order valence-electron chi connectivity index (χ0n) is 9.78. The van der Waals surface area contributed by atoms with Crippen LogP contribution < -0.4 is 0 Å². The molecule has 19 heavy (non-hydrogen) atoms. The first-order valence-corrected chi connectivity index (χ1v) is 6.57. The zero-order chi connectivity index (χ0) is 13.7. The second kappa shape index (κ2) is 6.56. The molecule has 0 heterocycles. The highest BCUT2D eigenvalue weighted by molar-refractivity contribution is 7.95. The van der Waals surface area contributed by atoms with E-state index in [1.165, 1.54) is 6.07 Å². The molecule has 0 bridgehead atoms. The van der Waals surface area contributed by atoms with Crippen molar-refractivity contribution >= 4 is 29.3 Å². The van der Waals surface area contributed by atoms with Crippen LogP contribution in [0.2, 0.25) is 5.02 Å². The first-order valence-electron chi connectivity index (χ1n) is 5.45. The molecular weight excluding hydrogens is 286 g/mol. The maximum Gasteiger partial charge on any atom is 0.286 e. The summed E-state index contributed by atoms with van der Waals surface area (Å²) in [6, 6.07) is 14.1. The van der Waals surface area contributed by atoms with E-state index in [4.69, 9.17) is 15.8 Å². The molecule has 2 aromatic rings. The van der Waals surface area contributed by atoms with Crippen LogP contribution in [0.1, 0.15) is 5.56 Å². The van der Waals surface area contributed by atoms with Gasteiger partial charge in [-0.15, -0.1) is 0 Å². The number of halogens is 1. The molecule has 0 saturated carbocycles. The van der Waals surface area contributed by atoms with Gasteiger partial charge in [0.1, 0.15) is 4.90 Å². The minimum Gasteiger partial charge on any atom is -0.305 e. The Bertz CT molecular complexity index is 577. The first-order chi connectivity index (χ1) is 9.18. The summed E-state index contributed by atoms with van der Waals surface area (Å²) < 4.78 is 5.41. The van der Waals surface area contributed by atoms with E-state index in [9.17, 15) is 10.1 Å². The number of hydrogen-bond acceptors (Lipinski definition) is 4. The molecule has 0 aromatic heterocycles. The maximum absolute atomic E-state index is 10.9. The van der Waals surface area contributed by atoms with E-state index in [0.717, 1.165) is 17.6 Å². The van der Waals surface area contributed by atoms with Crippen LogP contribution in [-0.4, -0.2) is 4.92 Å². The van der Waals surface area contributed by atoms with Crippen molar-refractivity contribution in [1.29, 1.82) is 0 Å². The van der Waals surface area contributed by atoms with Crippen LogP contribution in [0, 0.1) is 10.1 Å². The second-order valence-corrected chi connectivity index (χ2v) is 4.89. The Morgan fingerprint density at radius 2 is 1.89 bits per heavy atom. The molecule has 0 saturated heterocycles. The topological polar surface area (TPSA) is 52.4 Å². The predicted octanol–water partition coefficient (Wildman–Crippen LogP) is 4.47. The lowest BCUT2D eigenvalue weighted by molar-refractivity contribution is -0.387. The highest BCUT2D eigenvalue weighted by Crippen LogP contribution is 2.36. The van der Waals surface area contributed by atoms with E-state index in [2.05, 4.69) is 0 Å². The third-order valence-corrected chi connectivity index (χ3v) is 3.61. The number of nitro groups is 1. The van der Waals surface area contributed by atoms with Crippen molar-refractivity contribution in [2.75, 3.05) is 0 Å². The number of hydrogen-bond donors (Lipinski definition) is 0. The summed E-state index contributed by atoms with van der Waals surface area (Å²) in [6.07, 6.45) is 0. The van der Waals surface area contributed by atoms with Gasteiger partial charge in [0.25, 0.3) is 5.69 Å². The maximum atomic E-state index is 10.9. The number of nitrogens with zero attached hydrogens (tertiary/aromatic N) is 1. The summed E-state index contributed by atoms with van der Waals surface area (Å²) in [5, 5.41) is 11.2. The molecule has 4 nitrogen and oxygen atoms in total. The molecule has 0 N–H and O–H groups in total. The van der Waals surface area contributed by atoms with Crippen LogP contribution in [0.4, 0.5) is 5.69 Å². The summed E-state index contributed by atoms with van der Waals surface area (Å²) in [6.45, 7) is 0.355. The van der Waals surface area contributed by atoms with Gasteiger partial charge in [0.05, 0.1) is 16.6 Å². The van der Waals surface area contributed by atoms with E-state index >= 15 is 0 Å². The van der Waals surface area contributed by atoms with Crippen molar-refractivity contribution in [3.8, 4) is 0 Å². The molecular formula is C13H10ClNO3S. The lowest BCUT2D eigenvalue weighted by atomic mass is 10.2. The Kier molecular flexibility index (Phi) is 4.79. The summed E-state index contributed by atoms with van der Waals surface area (Å²) in [5.41, 5.74) is 0.940. The van der Waals surface area contributed by atoms with E-state index in [1.54, 1.807) is 12.1 Å². The lowest BCUT2D eigenvalue weighted by Crippen LogP contribution is -1.92. The van der Waals surface area contributed by atoms with Gasteiger partial charge < -0.3 is 4.18 Å². The minimum atomic E-state index is -0.472. The molecule has 0 radical (unpaired) electrons. The Labute approximate surface area is 119 Å². The highest BCUT2D eigenvalue weighted by Gasteiger charge is 2.17. The number of nitro benzene ring substituents is 1. The van der Waals surface area contributed by atoms with Crippen molar-refractivity contribution < 1.29 is 9.11 Å². The molecule has 0 aliphatic rings. The highest BCUT2D eigenvalue weighted by atomic mass is 35.5. The van der Waals surface area contributed by atoms with E-state index in [-0.39, 0.29) is 5.69 Å². The summed E-state index contributed by atoms with van der Waals surface area (Å²) in [5.74, 6) is 0. The SMILES string of the molecule is O=[N+]([O-])c1cccc(Cl)c1SOCc1ccccc1. The zero-order valence-corrected chi connectivity index (χ0v) is 11.4. The molecule has 0 fully saturated rings. The van der Waals surface area contributed by atoms with Crippen LogP contribution >= 0.6 is 23.6 Å². The molecule has 0 aliphatic carbocycles. The van der Waals surface area contributed by atoms with Crippen LogP contribution in [0.5, 0.6) is 0 Å². The summed E-state index contributed by atoms with van der Waals surface area (Å²) in [4.78, 5) is 10.7. The number of benzene rings is 2. The fourth-order valence-electron chi connectivity index (χ4n) is 1.45. The average Bonchev–Trinajstić information content (AvgIpc) is 2.41. The van der Waals surface area contributed by atoms with E-state index in [0.29, 0.717) is 16.5 Å². The van der Waals surface area contributed by atoms with Crippen molar-refractivity contribution in [2.45, 2.75) is 11.5 Å². The summed E-state index contributed by atoms with van der Waals surface area (Å²) in [7, 11) is 0. The minimum absolute atomic E-state index is 0.0504. The normalized spacial score (nSPS) is 10.4. The van der Waals surface area contributed by atoms with Gasteiger partial charge in [-0.25, -0.2) is 0 Å². The first kappa shape index (κ1) is 13.9. The molecule has 0 spiro atoms.